The summed E-state index contributed by atoms with van der Waals surface area (Å²) in [6.07, 6.45) is 2.02. The van der Waals surface area contributed by atoms with Crippen molar-refractivity contribution in [3.63, 3.8) is 0 Å². The van der Waals surface area contributed by atoms with Gasteiger partial charge in [0.25, 0.3) is 5.91 Å². The molecule has 0 unspecified atom stereocenters. The average molecular weight is 438 g/mol. The fourth-order valence-electron chi connectivity index (χ4n) is 3.44. The Morgan fingerprint density at radius 3 is 2.45 bits per heavy atom. The van der Waals surface area contributed by atoms with Crippen LogP contribution < -0.4 is 14.8 Å². The lowest BCUT2D eigenvalue weighted by Crippen LogP contribution is -2.12. The average Bonchev–Trinajstić information content (AvgIpc) is 3.31. The summed E-state index contributed by atoms with van der Waals surface area (Å²) in [4.78, 5) is 13.3. The van der Waals surface area contributed by atoms with Crippen molar-refractivity contribution in [2.75, 3.05) is 19.5 Å². The molecule has 1 aromatic heterocycles. The highest BCUT2D eigenvalue weighted by atomic mass is 16.5. The van der Waals surface area contributed by atoms with Crippen LogP contribution in [-0.4, -0.2) is 29.9 Å². The van der Waals surface area contributed by atoms with E-state index in [4.69, 9.17) is 19.8 Å². The molecule has 1 N–H and O–H groups in total. The number of carbonyl (C=O) groups excluding carboxylic acids is 1. The van der Waals surface area contributed by atoms with Gasteiger partial charge < -0.3 is 14.8 Å². The third kappa shape index (κ3) is 4.70. The quantitative estimate of drug-likeness (QED) is 0.444. The number of para-hydroxylation sites is 1. The van der Waals surface area contributed by atoms with Gasteiger partial charge >= 0.3 is 0 Å². The first kappa shape index (κ1) is 21.7. The van der Waals surface area contributed by atoms with Crippen LogP contribution in [0, 0.1) is 11.3 Å². The minimum absolute atomic E-state index is 0.307. The van der Waals surface area contributed by atoms with Crippen molar-refractivity contribution in [1.29, 1.82) is 5.26 Å². The summed E-state index contributed by atoms with van der Waals surface area (Å²) in [5.74, 6) is 0.877. The molecule has 164 valence electrons. The number of hydrogen-bond donors (Lipinski definition) is 1. The highest BCUT2D eigenvalue weighted by molar-refractivity contribution is 6.08. The molecule has 0 atom stereocenters. The first-order chi connectivity index (χ1) is 16.1. The van der Waals surface area contributed by atoms with E-state index in [0.717, 1.165) is 11.3 Å². The van der Waals surface area contributed by atoms with Crippen molar-refractivity contribution in [3.05, 3.63) is 90.1 Å². The summed E-state index contributed by atoms with van der Waals surface area (Å²) >= 11 is 0. The van der Waals surface area contributed by atoms with Gasteiger partial charge in [-0.15, -0.1) is 0 Å². The van der Waals surface area contributed by atoms with Crippen LogP contribution in [0.25, 0.3) is 16.9 Å². The lowest BCUT2D eigenvalue weighted by atomic mass is 10.1. The van der Waals surface area contributed by atoms with Gasteiger partial charge in [-0.2, -0.15) is 10.4 Å². The second-order valence-corrected chi connectivity index (χ2v) is 7.22. The number of nitrogens with one attached hydrogen (secondary N) is 1. The molecule has 7 heteroatoms. The number of benzene rings is 3. The Kier molecular flexibility index (Phi) is 6.37. The third-order valence-corrected chi connectivity index (χ3v) is 5.14. The zero-order chi connectivity index (χ0) is 23.2. The Morgan fingerprint density at radius 2 is 1.79 bits per heavy atom. The molecule has 7 nitrogen and oxygen atoms in total. The van der Waals surface area contributed by atoms with Crippen LogP contribution in [0.15, 0.2) is 79.0 Å². The number of amides is 1. The minimum Gasteiger partial charge on any atom is -0.497 e. The van der Waals surface area contributed by atoms with E-state index in [2.05, 4.69) is 11.4 Å². The van der Waals surface area contributed by atoms with Crippen molar-refractivity contribution in [2.45, 2.75) is 6.42 Å². The molecule has 4 aromatic rings. The molecule has 3 aromatic carbocycles. The molecule has 1 heterocycles. The zero-order valence-corrected chi connectivity index (χ0v) is 18.3. The van der Waals surface area contributed by atoms with Crippen molar-refractivity contribution in [2.24, 2.45) is 0 Å². The number of rotatable bonds is 7. The molecule has 0 aliphatic heterocycles. The summed E-state index contributed by atoms with van der Waals surface area (Å²) in [7, 11) is 3.15. The van der Waals surface area contributed by atoms with Crippen molar-refractivity contribution in [1.82, 2.24) is 9.78 Å². The lowest BCUT2D eigenvalue weighted by molar-refractivity contribution is 0.102. The van der Waals surface area contributed by atoms with Crippen LogP contribution in [0.4, 0.5) is 5.69 Å². The van der Waals surface area contributed by atoms with E-state index in [-0.39, 0.29) is 5.91 Å². The summed E-state index contributed by atoms with van der Waals surface area (Å²) in [5.41, 5.74) is 3.88. The maximum absolute atomic E-state index is 13.3. The molecule has 0 aliphatic carbocycles. The Balaban J connectivity index is 1.75. The Labute approximate surface area is 191 Å². The van der Waals surface area contributed by atoms with Gasteiger partial charge in [0.2, 0.25) is 0 Å². The molecule has 0 spiro atoms. The smallest absolute Gasteiger partial charge is 0.259 e. The first-order valence-corrected chi connectivity index (χ1v) is 10.3. The van der Waals surface area contributed by atoms with Crippen LogP contribution in [0.1, 0.15) is 15.9 Å². The van der Waals surface area contributed by atoms with Crippen LogP contribution in [-0.2, 0) is 6.42 Å². The number of aromatic nitrogens is 2. The lowest BCUT2D eigenvalue weighted by Gasteiger charge is -2.10. The van der Waals surface area contributed by atoms with Gasteiger partial charge in [-0.25, -0.2) is 4.68 Å². The maximum Gasteiger partial charge on any atom is 0.259 e. The van der Waals surface area contributed by atoms with E-state index >= 15 is 0 Å². The molecular formula is C26H22N4O3. The van der Waals surface area contributed by atoms with Gasteiger partial charge in [0.1, 0.15) is 17.2 Å². The second kappa shape index (κ2) is 9.71. The molecule has 0 bridgehead atoms. The van der Waals surface area contributed by atoms with Crippen LogP contribution in [0.5, 0.6) is 11.5 Å². The van der Waals surface area contributed by atoms with Gasteiger partial charge in [-0.05, 0) is 42.0 Å². The summed E-state index contributed by atoms with van der Waals surface area (Å²) in [5, 5.41) is 16.5. The number of methoxy groups -OCH3 is 2. The number of anilines is 1. The predicted molar refractivity (Wildman–Crippen MR) is 126 cm³/mol. The summed E-state index contributed by atoms with van der Waals surface area (Å²) < 4.78 is 12.5. The van der Waals surface area contributed by atoms with Gasteiger partial charge in [0.05, 0.1) is 38.0 Å². The fourth-order valence-corrected chi connectivity index (χ4v) is 3.44. The van der Waals surface area contributed by atoms with Crippen LogP contribution in [0.2, 0.25) is 0 Å². The number of nitriles is 1. The van der Waals surface area contributed by atoms with E-state index in [1.54, 1.807) is 49.4 Å². The molecule has 0 saturated carbocycles. The van der Waals surface area contributed by atoms with Gasteiger partial charge in [0.15, 0.2) is 0 Å². The van der Waals surface area contributed by atoms with Crippen molar-refractivity contribution >= 4 is 11.6 Å². The molecular weight excluding hydrogens is 416 g/mol. The Hall–Kier alpha value is -4.57. The zero-order valence-electron chi connectivity index (χ0n) is 18.3. The summed E-state index contributed by atoms with van der Waals surface area (Å²) in [6, 6.07) is 24.3. The summed E-state index contributed by atoms with van der Waals surface area (Å²) in [6.45, 7) is 0. The molecule has 0 radical (unpaired) electrons. The standard InChI is InChI=1S/C26H22N4O3/c1-32-21-12-13-22(24(16-21)33-2)25-23(17-30(29-25)20-6-4-3-5-7-20)26(31)28-19-10-8-18(9-11-19)14-15-27/h3-13,16-17H,14H2,1-2H3,(H,28,31). The van der Waals surface area contributed by atoms with Gasteiger partial charge in [-0.3, -0.25) is 4.79 Å². The topological polar surface area (TPSA) is 89.2 Å². The van der Waals surface area contributed by atoms with Crippen molar-refractivity contribution < 1.29 is 14.3 Å². The highest BCUT2D eigenvalue weighted by Crippen LogP contribution is 2.35. The normalized spacial score (nSPS) is 10.3. The molecule has 0 fully saturated rings. The van der Waals surface area contributed by atoms with Crippen LogP contribution in [0.3, 0.4) is 0 Å². The third-order valence-electron chi connectivity index (χ3n) is 5.14. The van der Waals surface area contributed by atoms with E-state index in [1.807, 2.05) is 48.5 Å². The maximum atomic E-state index is 13.3. The van der Waals surface area contributed by atoms with E-state index < -0.39 is 0 Å². The molecule has 0 saturated heterocycles. The largest absolute Gasteiger partial charge is 0.497 e. The van der Waals surface area contributed by atoms with Crippen LogP contribution >= 0.6 is 0 Å². The molecule has 4 rings (SSSR count). The Bertz CT molecular complexity index is 1310. The SMILES string of the molecule is COc1ccc(-c2nn(-c3ccccc3)cc2C(=O)Nc2ccc(CC#N)cc2)c(OC)c1. The second-order valence-electron chi connectivity index (χ2n) is 7.22. The number of hydrogen-bond acceptors (Lipinski definition) is 5. The van der Waals surface area contributed by atoms with E-state index in [1.165, 1.54) is 0 Å². The molecule has 1 amide bonds. The molecule has 0 aliphatic rings. The monoisotopic (exact) mass is 438 g/mol. The number of carbonyl (C=O) groups is 1. The number of ether oxygens (including phenoxy) is 2. The first-order valence-electron chi connectivity index (χ1n) is 10.3. The Morgan fingerprint density at radius 1 is 1.03 bits per heavy atom. The molecule has 33 heavy (non-hydrogen) atoms. The van der Waals surface area contributed by atoms with E-state index in [9.17, 15) is 4.79 Å². The van der Waals surface area contributed by atoms with Crippen molar-refractivity contribution in [3.8, 4) is 34.5 Å². The van der Waals surface area contributed by atoms with E-state index in [0.29, 0.717) is 40.4 Å². The van der Waals surface area contributed by atoms with Gasteiger partial charge in [0, 0.05) is 23.5 Å². The minimum atomic E-state index is -0.307. The fraction of sp³-hybridized carbons (Fsp3) is 0.115. The predicted octanol–water partition coefficient (Wildman–Crippen LogP) is 4.87. The highest BCUT2D eigenvalue weighted by Gasteiger charge is 2.22. The van der Waals surface area contributed by atoms with Gasteiger partial charge in [-0.1, -0.05) is 30.3 Å². The number of nitrogens with zero attached hydrogens (tertiary/aromatic N) is 3.